The Bertz CT molecular complexity index is 506. The van der Waals surface area contributed by atoms with Crippen molar-refractivity contribution in [2.24, 2.45) is 0 Å². The van der Waals surface area contributed by atoms with Gasteiger partial charge in [0.1, 0.15) is 0 Å². The maximum atomic E-state index is 3.75. The van der Waals surface area contributed by atoms with Crippen LogP contribution in [0.3, 0.4) is 0 Å². The van der Waals surface area contributed by atoms with Gasteiger partial charge in [0, 0.05) is 15.8 Å². The third kappa shape index (κ3) is 3.33. The molecule has 1 atom stereocenters. The van der Waals surface area contributed by atoms with Crippen LogP contribution in [0.1, 0.15) is 53.1 Å². The number of fused-ring (bicyclic) bond motifs is 1. The summed E-state index contributed by atoms with van der Waals surface area (Å²) >= 11 is 3.86. The first-order valence-corrected chi connectivity index (χ1v) is 9.48. The highest BCUT2D eigenvalue weighted by Gasteiger charge is 2.19. The summed E-state index contributed by atoms with van der Waals surface area (Å²) in [6.45, 7) is 3.37. The van der Waals surface area contributed by atoms with Gasteiger partial charge in [0.15, 0.2) is 0 Å². The quantitative estimate of drug-likeness (QED) is 0.761. The molecule has 2 aromatic heterocycles. The van der Waals surface area contributed by atoms with Crippen molar-refractivity contribution in [3.05, 3.63) is 43.8 Å². The normalized spacial score (nSPS) is 15.4. The zero-order valence-electron chi connectivity index (χ0n) is 12.2. The van der Waals surface area contributed by atoms with E-state index >= 15 is 0 Å². The zero-order valence-corrected chi connectivity index (χ0v) is 13.8. The SMILES string of the molecule is CCCNC(CCc1ccsc1)c1cc2c(s1)CCC2. The van der Waals surface area contributed by atoms with Crippen molar-refractivity contribution in [2.45, 2.75) is 51.5 Å². The fraction of sp³-hybridized carbons (Fsp3) is 0.529. The number of aryl methyl sites for hydroxylation is 3. The molecule has 108 valence electrons. The molecular formula is C17H23NS2. The molecule has 0 amide bonds. The van der Waals surface area contributed by atoms with Crippen LogP contribution in [0, 0.1) is 0 Å². The molecule has 0 spiro atoms. The second kappa shape index (κ2) is 6.88. The summed E-state index contributed by atoms with van der Waals surface area (Å²) in [5.74, 6) is 0. The minimum Gasteiger partial charge on any atom is -0.309 e. The van der Waals surface area contributed by atoms with Crippen LogP contribution in [-0.4, -0.2) is 6.54 Å². The van der Waals surface area contributed by atoms with Gasteiger partial charge in [-0.2, -0.15) is 11.3 Å². The van der Waals surface area contributed by atoms with Crippen molar-refractivity contribution < 1.29 is 0 Å². The molecule has 0 saturated heterocycles. The Hall–Kier alpha value is -0.640. The van der Waals surface area contributed by atoms with Crippen molar-refractivity contribution in [2.75, 3.05) is 6.54 Å². The Morgan fingerprint density at radius 2 is 2.30 bits per heavy atom. The van der Waals surface area contributed by atoms with Gasteiger partial charge in [-0.3, -0.25) is 0 Å². The fourth-order valence-electron chi connectivity index (χ4n) is 2.93. The first kappa shape index (κ1) is 14.3. The number of hydrogen-bond acceptors (Lipinski definition) is 3. The smallest absolute Gasteiger partial charge is 0.0418 e. The molecule has 20 heavy (non-hydrogen) atoms. The molecule has 1 N–H and O–H groups in total. The highest BCUT2D eigenvalue weighted by molar-refractivity contribution is 7.12. The summed E-state index contributed by atoms with van der Waals surface area (Å²) in [7, 11) is 0. The zero-order chi connectivity index (χ0) is 13.8. The first-order chi connectivity index (χ1) is 9.86. The summed E-state index contributed by atoms with van der Waals surface area (Å²) in [5, 5.41) is 8.22. The average molecular weight is 306 g/mol. The van der Waals surface area contributed by atoms with Gasteiger partial charge in [0.05, 0.1) is 0 Å². The third-order valence-corrected chi connectivity index (χ3v) is 6.13. The summed E-state index contributed by atoms with van der Waals surface area (Å²) in [6.07, 6.45) is 7.59. The van der Waals surface area contributed by atoms with Crippen molar-refractivity contribution >= 4 is 22.7 Å². The van der Waals surface area contributed by atoms with Crippen molar-refractivity contribution in [1.82, 2.24) is 5.32 Å². The molecule has 2 heterocycles. The summed E-state index contributed by atoms with van der Waals surface area (Å²) in [6, 6.07) is 5.29. The Kier molecular flexibility index (Phi) is 4.92. The van der Waals surface area contributed by atoms with E-state index in [0.29, 0.717) is 6.04 Å². The molecule has 0 radical (unpaired) electrons. The minimum absolute atomic E-state index is 0.547. The maximum Gasteiger partial charge on any atom is 0.0418 e. The van der Waals surface area contributed by atoms with Crippen LogP contribution >= 0.6 is 22.7 Å². The topological polar surface area (TPSA) is 12.0 Å². The van der Waals surface area contributed by atoms with Gasteiger partial charge in [0.2, 0.25) is 0 Å². The van der Waals surface area contributed by atoms with Gasteiger partial charge in [-0.05, 0) is 79.1 Å². The first-order valence-electron chi connectivity index (χ1n) is 7.72. The second-order valence-electron chi connectivity index (χ2n) is 5.63. The average Bonchev–Trinajstić information content (AvgIpc) is 3.15. The molecule has 0 fully saturated rings. The van der Waals surface area contributed by atoms with E-state index in [2.05, 4.69) is 46.5 Å². The van der Waals surface area contributed by atoms with Crippen molar-refractivity contribution in [3.8, 4) is 0 Å². The molecule has 3 rings (SSSR count). The number of nitrogens with one attached hydrogen (secondary N) is 1. The molecule has 1 aliphatic carbocycles. The largest absolute Gasteiger partial charge is 0.309 e. The lowest BCUT2D eigenvalue weighted by Gasteiger charge is -2.17. The lowest BCUT2D eigenvalue weighted by Crippen LogP contribution is -2.21. The van der Waals surface area contributed by atoms with Gasteiger partial charge < -0.3 is 5.32 Å². The van der Waals surface area contributed by atoms with Crippen LogP contribution in [0.5, 0.6) is 0 Å². The Labute approximate surface area is 130 Å². The fourth-order valence-corrected chi connectivity index (χ4v) is 5.00. The summed E-state index contributed by atoms with van der Waals surface area (Å²) in [4.78, 5) is 3.22. The molecule has 0 bridgehead atoms. The van der Waals surface area contributed by atoms with Crippen molar-refractivity contribution in [3.63, 3.8) is 0 Å². The van der Waals surface area contributed by atoms with Crippen LogP contribution in [0.25, 0.3) is 0 Å². The highest BCUT2D eigenvalue weighted by Crippen LogP contribution is 2.35. The lowest BCUT2D eigenvalue weighted by atomic mass is 10.1. The Balaban J connectivity index is 1.67. The van der Waals surface area contributed by atoms with Crippen molar-refractivity contribution in [1.29, 1.82) is 0 Å². The predicted octanol–water partition coefficient (Wildman–Crippen LogP) is 4.97. The van der Waals surface area contributed by atoms with E-state index in [9.17, 15) is 0 Å². The van der Waals surface area contributed by atoms with Gasteiger partial charge in [-0.1, -0.05) is 6.92 Å². The molecular weight excluding hydrogens is 282 g/mol. The molecule has 0 saturated carbocycles. The van der Waals surface area contributed by atoms with Gasteiger partial charge in [-0.25, -0.2) is 0 Å². The Morgan fingerprint density at radius 3 is 3.05 bits per heavy atom. The monoisotopic (exact) mass is 305 g/mol. The molecule has 0 aliphatic heterocycles. The van der Waals surface area contributed by atoms with E-state index in [4.69, 9.17) is 0 Å². The molecule has 1 unspecified atom stereocenters. The van der Waals surface area contributed by atoms with Gasteiger partial charge >= 0.3 is 0 Å². The van der Waals surface area contributed by atoms with E-state index < -0.39 is 0 Å². The standard InChI is InChI=1S/C17H23NS2/c1-2-9-18-15(7-6-13-8-10-19-12-13)17-11-14-4-3-5-16(14)20-17/h8,10-12,15,18H,2-7,9H2,1H3. The third-order valence-electron chi connectivity index (χ3n) is 4.05. The lowest BCUT2D eigenvalue weighted by molar-refractivity contribution is 0.506. The van der Waals surface area contributed by atoms with Crippen LogP contribution in [0.15, 0.2) is 22.9 Å². The molecule has 0 aromatic carbocycles. The van der Waals surface area contributed by atoms with Crippen LogP contribution < -0.4 is 5.32 Å². The van der Waals surface area contributed by atoms with Crippen LogP contribution in [0.2, 0.25) is 0 Å². The number of rotatable bonds is 7. The number of thiophene rings is 2. The van der Waals surface area contributed by atoms with E-state index in [1.54, 1.807) is 26.7 Å². The van der Waals surface area contributed by atoms with Gasteiger partial charge in [-0.15, -0.1) is 11.3 Å². The van der Waals surface area contributed by atoms with E-state index in [1.807, 2.05) is 0 Å². The molecule has 3 heteroatoms. The number of hydrogen-bond donors (Lipinski definition) is 1. The van der Waals surface area contributed by atoms with E-state index in [1.165, 1.54) is 44.1 Å². The predicted molar refractivity (Wildman–Crippen MR) is 90.0 cm³/mol. The van der Waals surface area contributed by atoms with Crippen LogP contribution in [-0.2, 0) is 19.3 Å². The molecule has 2 aromatic rings. The molecule has 1 nitrogen and oxygen atoms in total. The minimum atomic E-state index is 0.547. The van der Waals surface area contributed by atoms with Crippen LogP contribution in [0.4, 0.5) is 0 Å². The summed E-state index contributed by atoms with van der Waals surface area (Å²) < 4.78 is 0. The summed E-state index contributed by atoms with van der Waals surface area (Å²) in [5.41, 5.74) is 3.12. The van der Waals surface area contributed by atoms with E-state index in [-0.39, 0.29) is 0 Å². The second-order valence-corrected chi connectivity index (χ2v) is 7.58. The maximum absolute atomic E-state index is 3.75. The van der Waals surface area contributed by atoms with E-state index in [0.717, 1.165) is 6.54 Å². The highest BCUT2D eigenvalue weighted by atomic mass is 32.1. The van der Waals surface area contributed by atoms with Gasteiger partial charge in [0.25, 0.3) is 0 Å². The Morgan fingerprint density at radius 1 is 1.35 bits per heavy atom. The molecule has 1 aliphatic rings.